The molecule has 0 aliphatic rings. The van der Waals surface area contributed by atoms with E-state index in [0.717, 1.165) is 17.7 Å². The Kier molecular flexibility index (Phi) is 6.68. The molecule has 5 heteroatoms. The molecule has 0 aliphatic carbocycles. The molecule has 2 rings (SSSR count). The smallest absolute Gasteiger partial charge is 0.163 e. The quantitative estimate of drug-likeness (QED) is 0.765. The first-order chi connectivity index (χ1) is 11.1. The van der Waals surface area contributed by atoms with Gasteiger partial charge in [-0.25, -0.2) is 4.39 Å². The standard InChI is InChI=1S/C18H21ClFNO2/c1-3-21-11-14-9-17(22-4-2)18(10-16(14)19)23-12-13-5-7-15(20)8-6-13/h5-10,21H,3-4,11-12H2,1-2H3. The molecule has 1 N–H and O–H groups in total. The van der Waals surface area contributed by atoms with Crippen LogP contribution >= 0.6 is 11.6 Å². The van der Waals surface area contributed by atoms with Gasteiger partial charge in [0.2, 0.25) is 0 Å². The van der Waals surface area contributed by atoms with E-state index in [4.69, 9.17) is 21.1 Å². The maximum Gasteiger partial charge on any atom is 0.163 e. The van der Waals surface area contributed by atoms with Crippen LogP contribution in [0, 0.1) is 5.82 Å². The summed E-state index contributed by atoms with van der Waals surface area (Å²) >= 11 is 6.31. The van der Waals surface area contributed by atoms with Crippen LogP contribution in [0.1, 0.15) is 25.0 Å². The van der Waals surface area contributed by atoms with Crippen LogP contribution in [-0.4, -0.2) is 13.2 Å². The van der Waals surface area contributed by atoms with Gasteiger partial charge in [-0.1, -0.05) is 30.7 Å². The van der Waals surface area contributed by atoms with Crippen LogP contribution in [0.4, 0.5) is 4.39 Å². The van der Waals surface area contributed by atoms with Gasteiger partial charge >= 0.3 is 0 Å². The zero-order valence-electron chi connectivity index (χ0n) is 13.4. The van der Waals surface area contributed by atoms with Gasteiger partial charge in [0.1, 0.15) is 12.4 Å². The Hall–Kier alpha value is -1.78. The summed E-state index contributed by atoms with van der Waals surface area (Å²) in [6.45, 7) is 6.36. The summed E-state index contributed by atoms with van der Waals surface area (Å²) in [6.07, 6.45) is 0. The molecule has 2 aromatic carbocycles. The van der Waals surface area contributed by atoms with Gasteiger partial charge in [-0.15, -0.1) is 0 Å². The van der Waals surface area contributed by atoms with Gasteiger partial charge in [-0.2, -0.15) is 0 Å². The van der Waals surface area contributed by atoms with Crippen molar-refractivity contribution in [1.29, 1.82) is 0 Å². The van der Waals surface area contributed by atoms with E-state index in [2.05, 4.69) is 5.32 Å². The highest BCUT2D eigenvalue weighted by Crippen LogP contribution is 2.34. The Bertz CT molecular complexity index is 632. The summed E-state index contributed by atoms with van der Waals surface area (Å²) < 4.78 is 24.4. The SMILES string of the molecule is CCNCc1cc(OCC)c(OCc2ccc(F)cc2)cc1Cl. The van der Waals surface area contributed by atoms with Crippen LogP contribution in [0.5, 0.6) is 11.5 Å². The average Bonchev–Trinajstić information content (AvgIpc) is 2.55. The number of nitrogens with one attached hydrogen (secondary N) is 1. The van der Waals surface area contributed by atoms with Gasteiger partial charge in [-0.3, -0.25) is 0 Å². The van der Waals surface area contributed by atoms with Crippen molar-refractivity contribution in [1.82, 2.24) is 5.32 Å². The molecule has 0 fully saturated rings. The third-order valence-corrected chi connectivity index (χ3v) is 3.64. The maximum atomic E-state index is 12.9. The second kappa shape index (κ2) is 8.75. The third-order valence-electron chi connectivity index (χ3n) is 3.29. The minimum absolute atomic E-state index is 0.264. The predicted molar refractivity (Wildman–Crippen MR) is 90.7 cm³/mol. The molecule has 0 amide bonds. The van der Waals surface area contributed by atoms with E-state index in [9.17, 15) is 4.39 Å². The summed E-state index contributed by atoms with van der Waals surface area (Å²) in [5.41, 5.74) is 1.84. The lowest BCUT2D eigenvalue weighted by Gasteiger charge is -2.15. The average molecular weight is 338 g/mol. The van der Waals surface area contributed by atoms with Crippen LogP contribution in [-0.2, 0) is 13.2 Å². The van der Waals surface area contributed by atoms with Crippen molar-refractivity contribution in [3.8, 4) is 11.5 Å². The first kappa shape index (κ1) is 17.6. The molecule has 0 heterocycles. The fourth-order valence-corrected chi connectivity index (χ4v) is 2.32. The van der Waals surface area contributed by atoms with Crippen molar-refractivity contribution in [2.24, 2.45) is 0 Å². The molecular weight excluding hydrogens is 317 g/mol. The molecule has 2 aromatic rings. The molecule has 0 aliphatic heterocycles. The van der Waals surface area contributed by atoms with Gasteiger partial charge in [0.05, 0.1) is 6.61 Å². The van der Waals surface area contributed by atoms with Crippen LogP contribution in [0.2, 0.25) is 5.02 Å². The van der Waals surface area contributed by atoms with E-state index >= 15 is 0 Å². The van der Waals surface area contributed by atoms with E-state index < -0.39 is 0 Å². The highest BCUT2D eigenvalue weighted by molar-refractivity contribution is 6.31. The molecule has 0 saturated heterocycles. The topological polar surface area (TPSA) is 30.5 Å². The lowest BCUT2D eigenvalue weighted by atomic mass is 10.2. The second-order valence-electron chi connectivity index (χ2n) is 5.02. The lowest BCUT2D eigenvalue weighted by Crippen LogP contribution is -2.12. The zero-order chi connectivity index (χ0) is 16.7. The van der Waals surface area contributed by atoms with Crippen LogP contribution in [0.25, 0.3) is 0 Å². The molecule has 0 atom stereocenters. The van der Waals surface area contributed by atoms with Crippen molar-refractivity contribution >= 4 is 11.6 Å². The molecule has 0 spiro atoms. The molecule has 124 valence electrons. The number of halogens is 2. The molecule has 23 heavy (non-hydrogen) atoms. The Morgan fingerprint density at radius 3 is 2.39 bits per heavy atom. The Labute approximate surface area is 141 Å². The van der Waals surface area contributed by atoms with Crippen LogP contribution in [0.3, 0.4) is 0 Å². The van der Waals surface area contributed by atoms with Crippen molar-refractivity contribution < 1.29 is 13.9 Å². The molecule has 0 radical (unpaired) electrons. The van der Waals surface area contributed by atoms with Crippen molar-refractivity contribution in [2.45, 2.75) is 27.0 Å². The van der Waals surface area contributed by atoms with Crippen molar-refractivity contribution in [2.75, 3.05) is 13.2 Å². The number of rotatable bonds is 8. The van der Waals surface area contributed by atoms with Crippen LogP contribution < -0.4 is 14.8 Å². The Balaban J connectivity index is 2.15. The normalized spacial score (nSPS) is 10.6. The molecule has 0 unspecified atom stereocenters. The van der Waals surface area contributed by atoms with Gasteiger partial charge in [0.15, 0.2) is 11.5 Å². The van der Waals surface area contributed by atoms with E-state index in [0.29, 0.717) is 36.3 Å². The second-order valence-corrected chi connectivity index (χ2v) is 5.43. The van der Waals surface area contributed by atoms with Crippen LogP contribution in [0.15, 0.2) is 36.4 Å². The van der Waals surface area contributed by atoms with Gasteiger partial charge in [-0.05, 0) is 42.8 Å². The molecule has 0 bridgehead atoms. The molecular formula is C18H21ClFNO2. The first-order valence-corrected chi connectivity index (χ1v) is 8.05. The lowest BCUT2D eigenvalue weighted by molar-refractivity contribution is 0.269. The van der Waals surface area contributed by atoms with E-state index in [1.807, 2.05) is 19.9 Å². The number of hydrogen-bond donors (Lipinski definition) is 1. The monoisotopic (exact) mass is 337 g/mol. The third kappa shape index (κ3) is 5.12. The predicted octanol–water partition coefficient (Wildman–Crippen LogP) is 4.57. The van der Waals surface area contributed by atoms with E-state index in [1.54, 1.807) is 18.2 Å². The first-order valence-electron chi connectivity index (χ1n) is 7.67. The van der Waals surface area contributed by atoms with E-state index in [-0.39, 0.29) is 5.82 Å². The van der Waals surface area contributed by atoms with E-state index in [1.165, 1.54) is 12.1 Å². The fourth-order valence-electron chi connectivity index (χ4n) is 2.10. The van der Waals surface area contributed by atoms with Gasteiger partial charge in [0.25, 0.3) is 0 Å². The fraction of sp³-hybridized carbons (Fsp3) is 0.333. The highest BCUT2D eigenvalue weighted by Gasteiger charge is 2.11. The number of hydrogen-bond acceptors (Lipinski definition) is 3. The van der Waals surface area contributed by atoms with Gasteiger partial charge in [0, 0.05) is 17.6 Å². The van der Waals surface area contributed by atoms with Crippen molar-refractivity contribution in [3.05, 3.63) is 58.4 Å². The molecule has 3 nitrogen and oxygen atoms in total. The zero-order valence-corrected chi connectivity index (χ0v) is 14.1. The molecule has 0 saturated carbocycles. The highest BCUT2D eigenvalue weighted by atomic mass is 35.5. The Morgan fingerprint density at radius 2 is 1.74 bits per heavy atom. The Morgan fingerprint density at radius 1 is 1.04 bits per heavy atom. The van der Waals surface area contributed by atoms with Gasteiger partial charge < -0.3 is 14.8 Å². The van der Waals surface area contributed by atoms with Crippen molar-refractivity contribution in [3.63, 3.8) is 0 Å². The number of ether oxygens (including phenoxy) is 2. The summed E-state index contributed by atoms with van der Waals surface area (Å²) in [5.74, 6) is 0.980. The summed E-state index contributed by atoms with van der Waals surface area (Å²) in [7, 11) is 0. The molecule has 0 aromatic heterocycles. The minimum atomic E-state index is -0.264. The summed E-state index contributed by atoms with van der Waals surface area (Å²) in [4.78, 5) is 0. The summed E-state index contributed by atoms with van der Waals surface area (Å²) in [5, 5.41) is 3.87. The minimum Gasteiger partial charge on any atom is -0.490 e. The summed E-state index contributed by atoms with van der Waals surface area (Å²) in [6, 6.07) is 9.87. The maximum absolute atomic E-state index is 12.9. The largest absolute Gasteiger partial charge is 0.490 e. The number of benzene rings is 2.